The number of methoxy groups -OCH3 is 1. The summed E-state index contributed by atoms with van der Waals surface area (Å²) in [4.78, 5) is 31.7. The molecule has 0 aliphatic carbocycles. The van der Waals surface area contributed by atoms with Gasteiger partial charge in [0.05, 0.1) is 33.0 Å². The maximum atomic E-state index is 15.0. The van der Waals surface area contributed by atoms with E-state index in [9.17, 15) is 14.0 Å². The van der Waals surface area contributed by atoms with Gasteiger partial charge < -0.3 is 33.3 Å². The van der Waals surface area contributed by atoms with Gasteiger partial charge in [0.1, 0.15) is 5.60 Å². The topological polar surface area (TPSA) is 108 Å². The van der Waals surface area contributed by atoms with Gasteiger partial charge in [0.2, 0.25) is 0 Å². The number of esters is 1. The standard InChI is InChI=1S/C50H70FN3O7SSi2/c1-48(2,3)60-47(56)54(10)33-21-23-37-30-31-42(41(51)35-37)58-34-22-29-43-44(45(55)57-11)53-46(62-43)52-32-20-24-38(36-59-63(12,13)49(4,5)6)61-64(50(7,8)9,39-25-16-14-17-26-39)40-27-18-15-19-28-40/h14-19,25-28,30-31,35,38H,20,22,24,29,32-34,36H2,1-13H3,(H,52,53). The third kappa shape index (κ3) is 14.5. The van der Waals surface area contributed by atoms with Crippen molar-refractivity contribution in [3.8, 4) is 17.6 Å². The van der Waals surface area contributed by atoms with Crippen LogP contribution in [-0.4, -0.2) is 90.7 Å². The number of ether oxygens (including phenoxy) is 3. The molecule has 1 N–H and O–H groups in total. The zero-order chi connectivity index (χ0) is 47.3. The molecule has 3 aromatic carbocycles. The fourth-order valence-electron chi connectivity index (χ4n) is 6.79. The first-order chi connectivity index (χ1) is 30.0. The average Bonchev–Trinajstić information content (AvgIpc) is 3.63. The Hall–Kier alpha value is -4.53. The maximum Gasteiger partial charge on any atom is 0.410 e. The second kappa shape index (κ2) is 22.6. The zero-order valence-electron chi connectivity index (χ0n) is 40.3. The molecule has 348 valence electrons. The quantitative estimate of drug-likeness (QED) is 0.0426. The van der Waals surface area contributed by atoms with Crippen LogP contribution in [0.25, 0.3) is 0 Å². The fourth-order valence-corrected chi connectivity index (χ4v) is 13.5. The van der Waals surface area contributed by atoms with Gasteiger partial charge in [0.15, 0.2) is 30.7 Å². The summed E-state index contributed by atoms with van der Waals surface area (Å²) in [6.45, 7) is 25.1. The van der Waals surface area contributed by atoms with Gasteiger partial charge in [-0.25, -0.2) is 19.0 Å². The number of rotatable bonds is 19. The maximum absolute atomic E-state index is 15.0. The summed E-state index contributed by atoms with van der Waals surface area (Å²) in [5.41, 5.74) is 0.106. The molecule has 0 radical (unpaired) electrons. The van der Waals surface area contributed by atoms with Gasteiger partial charge in [-0.15, -0.1) is 11.3 Å². The lowest BCUT2D eigenvalue weighted by Crippen LogP contribution is -2.68. The minimum Gasteiger partial charge on any atom is -0.491 e. The molecule has 1 aromatic heterocycles. The Kier molecular flexibility index (Phi) is 18.4. The minimum atomic E-state index is -2.86. The van der Waals surface area contributed by atoms with Crippen molar-refractivity contribution in [1.82, 2.24) is 9.88 Å². The summed E-state index contributed by atoms with van der Waals surface area (Å²) in [5.74, 6) is 4.80. The van der Waals surface area contributed by atoms with E-state index >= 15 is 0 Å². The van der Waals surface area contributed by atoms with E-state index in [0.29, 0.717) is 36.7 Å². The number of hydrogen-bond acceptors (Lipinski definition) is 10. The molecule has 0 aliphatic heterocycles. The number of thiazole rings is 1. The van der Waals surface area contributed by atoms with Gasteiger partial charge in [-0.1, -0.05) is 114 Å². The number of halogens is 1. The van der Waals surface area contributed by atoms with Crippen molar-refractivity contribution in [1.29, 1.82) is 0 Å². The summed E-state index contributed by atoms with van der Waals surface area (Å²) in [5, 5.41) is 6.40. The molecular weight excluding hydrogens is 862 g/mol. The number of benzene rings is 3. The van der Waals surface area contributed by atoms with E-state index in [0.717, 1.165) is 17.7 Å². The number of amides is 1. The van der Waals surface area contributed by atoms with E-state index in [4.69, 9.17) is 23.1 Å². The second-order valence-electron chi connectivity index (χ2n) is 19.6. The molecule has 1 atom stereocenters. The summed E-state index contributed by atoms with van der Waals surface area (Å²) in [6.07, 6.45) is 1.87. The number of anilines is 1. The highest BCUT2D eigenvalue weighted by atomic mass is 32.1. The second-order valence-corrected chi connectivity index (χ2v) is 29.7. The van der Waals surface area contributed by atoms with Crippen molar-refractivity contribution in [2.24, 2.45) is 0 Å². The minimum absolute atomic E-state index is 0.0468. The Morgan fingerprint density at radius 3 is 2.06 bits per heavy atom. The Bertz CT molecular complexity index is 2150. The lowest BCUT2D eigenvalue weighted by molar-refractivity contribution is 0.0320. The van der Waals surface area contributed by atoms with Crippen LogP contribution in [0.3, 0.4) is 0 Å². The van der Waals surface area contributed by atoms with E-state index in [-0.39, 0.29) is 40.8 Å². The third-order valence-corrected chi connectivity index (χ3v) is 21.9. The van der Waals surface area contributed by atoms with Gasteiger partial charge in [0.25, 0.3) is 8.32 Å². The highest BCUT2D eigenvalue weighted by Gasteiger charge is 2.51. The molecule has 0 aliphatic rings. The van der Waals surface area contributed by atoms with Crippen molar-refractivity contribution < 1.29 is 37.0 Å². The predicted molar refractivity (Wildman–Crippen MR) is 263 cm³/mol. The van der Waals surface area contributed by atoms with Crippen LogP contribution in [0.5, 0.6) is 5.75 Å². The van der Waals surface area contributed by atoms with Gasteiger partial charge >= 0.3 is 12.1 Å². The van der Waals surface area contributed by atoms with Crippen molar-refractivity contribution in [2.45, 2.75) is 123 Å². The van der Waals surface area contributed by atoms with Gasteiger partial charge in [-0.05, 0) is 98.2 Å². The molecule has 4 rings (SSSR count). The van der Waals surface area contributed by atoms with Gasteiger partial charge in [0, 0.05) is 24.0 Å². The van der Waals surface area contributed by atoms with Crippen LogP contribution in [0.2, 0.25) is 23.2 Å². The first-order valence-electron chi connectivity index (χ1n) is 22.1. The molecule has 0 saturated heterocycles. The lowest BCUT2D eigenvalue weighted by atomic mass is 10.2. The Balaban J connectivity index is 1.42. The highest BCUT2D eigenvalue weighted by molar-refractivity contribution is 7.15. The van der Waals surface area contributed by atoms with Crippen molar-refractivity contribution in [2.75, 3.05) is 45.8 Å². The van der Waals surface area contributed by atoms with Crippen LogP contribution in [-0.2, 0) is 24.7 Å². The molecule has 0 saturated carbocycles. The first-order valence-corrected chi connectivity index (χ1v) is 27.7. The van der Waals surface area contributed by atoms with Crippen LogP contribution in [0, 0.1) is 17.7 Å². The number of nitrogens with zero attached hydrogens (tertiary/aromatic N) is 2. The molecular formula is C50H70FN3O7SSi2. The molecule has 1 amide bonds. The number of nitrogens with one attached hydrogen (secondary N) is 1. The Labute approximate surface area is 387 Å². The summed E-state index contributed by atoms with van der Waals surface area (Å²) in [6, 6.07) is 25.9. The molecule has 1 heterocycles. The molecule has 10 nitrogen and oxygen atoms in total. The monoisotopic (exact) mass is 931 g/mol. The molecule has 0 bridgehead atoms. The Morgan fingerprint density at radius 1 is 0.891 bits per heavy atom. The smallest absolute Gasteiger partial charge is 0.410 e. The van der Waals surface area contributed by atoms with E-state index in [1.807, 2.05) is 0 Å². The number of aromatic nitrogens is 1. The van der Waals surface area contributed by atoms with Crippen LogP contribution in [0.1, 0.15) is 103 Å². The van der Waals surface area contributed by atoms with Crippen LogP contribution in [0.4, 0.5) is 14.3 Å². The predicted octanol–water partition coefficient (Wildman–Crippen LogP) is 10.5. The van der Waals surface area contributed by atoms with Gasteiger partial charge in [-0.3, -0.25) is 0 Å². The van der Waals surface area contributed by atoms with E-state index in [1.54, 1.807) is 33.9 Å². The van der Waals surface area contributed by atoms with Crippen molar-refractivity contribution in [3.63, 3.8) is 0 Å². The fraction of sp³-hybridized carbons (Fsp3) is 0.500. The normalized spacial score (nSPS) is 12.8. The molecule has 4 aromatic rings. The largest absolute Gasteiger partial charge is 0.491 e. The highest BCUT2D eigenvalue weighted by Crippen LogP contribution is 2.40. The SMILES string of the molecule is COC(=O)c1nc(NCCCC(CO[Si](C)(C)C(C)(C)C)O[Si](c2ccccc2)(c2ccccc2)C(C)(C)C)sc1CCCOc1ccc(C#CCN(C)C(=O)OC(C)(C)C)cc1F. The molecule has 0 spiro atoms. The summed E-state index contributed by atoms with van der Waals surface area (Å²) < 4.78 is 45.7. The molecule has 14 heteroatoms. The van der Waals surface area contributed by atoms with E-state index in [2.05, 4.69) is 137 Å². The molecule has 64 heavy (non-hydrogen) atoms. The number of carbonyl (C=O) groups is 2. The van der Waals surface area contributed by atoms with E-state index < -0.39 is 40.1 Å². The van der Waals surface area contributed by atoms with Crippen LogP contribution < -0.4 is 20.4 Å². The molecule has 1 unspecified atom stereocenters. The van der Waals surface area contributed by atoms with Crippen molar-refractivity contribution in [3.05, 3.63) is 101 Å². The summed E-state index contributed by atoms with van der Waals surface area (Å²) >= 11 is 1.41. The number of carbonyl (C=O) groups excluding carboxylic acids is 2. The van der Waals surface area contributed by atoms with E-state index in [1.165, 1.54) is 45.9 Å². The Morgan fingerprint density at radius 2 is 1.52 bits per heavy atom. The molecule has 0 fully saturated rings. The zero-order valence-corrected chi connectivity index (χ0v) is 43.1. The van der Waals surface area contributed by atoms with Crippen molar-refractivity contribution >= 4 is 55.5 Å². The van der Waals surface area contributed by atoms with Crippen LogP contribution >= 0.6 is 11.3 Å². The third-order valence-electron chi connectivity index (χ3n) is 11.2. The first kappa shape index (κ1) is 52.1. The van der Waals surface area contributed by atoms with Crippen LogP contribution in [0.15, 0.2) is 78.9 Å². The lowest BCUT2D eigenvalue weighted by Gasteiger charge is -2.46. The summed E-state index contributed by atoms with van der Waals surface area (Å²) in [7, 11) is -2.02. The number of aryl methyl sites for hydroxylation is 1. The average molecular weight is 932 g/mol. The van der Waals surface area contributed by atoms with Gasteiger partial charge in [-0.2, -0.15) is 0 Å². The number of hydrogen-bond donors (Lipinski definition) is 1.